The largest absolute Gasteiger partial charge is 0.320 e. The molecule has 4 rings (SSSR count). The molecule has 0 atom stereocenters. The predicted molar refractivity (Wildman–Crippen MR) is 87.9 cm³/mol. The highest BCUT2D eigenvalue weighted by Gasteiger charge is 2.24. The molecule has 0 saturated carbocycles. The molecule has 0 unspecified atom stereocenters. The molecule has 0 saturated heterocycles. The topological polar surface area (TPSA) is 69.5 Å². The smallest absolute Gasteiger partial charge is 0.266 e. The lowest BCUT2D eigenvalue weighted by molar-refractivity contribution is 0.923. The van der Waals surface area contributed by atoms with E-state index < -0.39 is 0 Å². The fourth-order valence-electron chi connectivity index (χ4n) is 3.31. The quantitative estimate of drug-likeness (QED) is 0.750. The molecule has 0 fully saturated rings. The Morgan fingerprint density at radius 1 is 1.09 bits per heavy atom. The van der Waals surface area contributed by atoms with Gasteiger partial charge in [-0.25, -0.2) is 0 Å². The second kappa shape index (κ2) is 5.22. The maximum absolute atomic E-state index is 12.4. The Hall–Kier alpha value is -3.19. The number of H-pyrrole nitrogens is 1. The van der Waals surface area contributed by atoms with E-state index in [1.165, 1.54) is 5.56 Å². The maximum atomic E-state index is 12.4. The summed E-state index contributed by atoms with van der Waals surface area (Å²) in [5, 5.41) is 9.47. The Labute approximate surface area is 133 Å². The van der Waals surface area contributed by atoms with Gasteiger partial charge in [0, 0.05) is 23.5 Å². The number of aromatic nitrogens is 2. The molecule has 1 aliphatic rings. The number of benzene rings is 1. The van der Waals surface area contributed by atoms with Crippen molar-refractivity contribution in [1.29, 1.82) is 5.26 Å². The average molecular weight is 299 g/mol. The summed E-state index contributed by atoms with van der Waals surface area (Å²) in [5.74, 6) is 0. The third-order valence-corrected chi connectivity index (χ3v) is 4.33. The van der Waals surface area contributed by atoms with Crippen LogP contribution in [0.3, 0.4) is 0 Å². The molecule has 2 heterocycles. The van der Waals surface area contributed by atoms with Crippen molar-refractivity contribution in [3.63, 3.8) is 0 Å². The summed E-state index contributed by atoms with van der Waals surface area (Å²) in [6, 6.07) is 13.8. The lowest BCUT2D eigenvalue weighted by atomic mass is 9.83. The van der Waals surface area contributed by atoms with Gasteiger partial charge in [0.2, 0.25) is 0 Å². The molecule has 0 bridgehead atoms. The van der Waals surface area contributed by atoms with E-state index in [1.807, 2.05) is 30.3 Å². The van der Waals surface area contributed by atoms with E-state index in [0.717, 1.165) is 40.8 Å². The minimum absolute atomic E-state index is 0.175. The summed E-state index contributed by atoms with van der Waals surface area (Å²) in [7, 11) is 0. The van der Waals surface area contributed by atoms with Gasteiger partial charge >= 0.3 is 0 Å². The monoisotopic (exact) mass is 299 g/mol. The molecule has 23 heavy (non-hydrogen) atoms. The van der Waals surface area contributed by atoms with Gasteiger partial charge in [0.05, 0.1) is 5.69 Å². The summed E-state index contributed by atoms with van der Waals surface area (Å²) >= 11 is 0. The molecule has 0 amide bonds. The minimum atomic E-state index is -0.338. The Morgan fingerprint density at radius 2 is 1.87 bits per heavy atom. The first-order valence-electron chi connectivity index (χ1n) is 7.47. The van der Waals surface area contributed by atoms with E-state index in [0.29, 0.717) is 0 Å². The number of nitrogens with one attached hydrogen (secondary N) is 1. The molecule has 3 aromatic rings. The number of nitriles is 1. The third-order valence-electron chi connectivity index (χ3n) is 4.33. The molecule has 0 radical (unpaired) electrons. The molecule has 4 nitrogen and oxygen atoms in total. The van der Waals surface area contributed by atoms with Crippen molar-refractivity contribution in [2.24, 2.45) is 0 Å². The molecule has 0 spiro atoms. The van der Waals surface area contributed by atoms with Crippen LogP contribution in [0.4, 0.5) is 0 Å². The zero-order valence-electron chi connectivity index (χ0n) is 12.3. The van der Waals surface area contributed by atoms with Gasteiger partial charge < -0.3 is 4.98 Å². The van der Waals surface area contributed by atoms with Crippen LogP contribution in [0.25, 0.3) is 22.4 Å². The second-order valence-electron chi connectivity index (χ2n) is 5.56. The summed E-state index contributed by atoms with van der Waals surface area (Å²) in [6.07, 6.45) is 5.06. The van der Waals surface area contributed by atoms with Crippen molar-refractivity contribution in [1.82, 2.24) is 9.97 Å². The number of hydrogen-bond donors (Lipinski definition) is 1. The number of aromatic amines is 1. The van der Waals surface area contributed by atoms with Crippen LogP contribution < -0.4 is 5.56 Å². The van der Waals surface area contributed by atoms with E-state index in [1.54, 1.807) is 12.4 Å². The first kappa shape index (κ1) is 13.5. The highest BCUT2D eigenvalue weighted by Crippen LogP contribution is 2.37. The lowest BCUT2D eigenvalue weighted by Crippen LogP contribution is -2.19. The second-order valence-corrected chi connectivity index (χ2v) is 5.56. The van der Waals surface area contributed by atoms with Crippen molar-refractivity contribution >= 4 is 0 Å². The van der Waals surface area contributed by atoms with Crippen molar-refractivity contribution in [3.8, 4) is 28.5 Å². The van der Waals surface area contributed by atoms with Crippen LogP contribution in [-0.2, 0) is 12.8 Å². The first-order chi connectivity index (χ1) is 11.3. The summed E-state index contributed by atoms with van der Waals surface area (Å²) < 4.78 is 0. The van der Waals surface area contributed by atoms with Crippen LogP contribution in [0, 0.1) is 11.3 Å². The molecule has 1 aromatic carbocycles. The highest BCUT2D eigenvalue weighted by atomic mass is 16.1. The predicted octanol–water partition coefficient (Wildman–Crippen LogP) is 3.07. The molecule has 0 aliphatic heterocycles. The van der Waals surface area contributed by atoms with Gasteiger partial charge in [0.15, 0.2) is 0 Å². The van der Waals surface area contributed by atoms with Gasteiger partial charge in [-0.3, -0.25) is 9.78 Å². The number of pyridine rings is 2. The normalized spacial score (nSPS) is 12.1. The molecule has 2 aromatic heterocycles. The Balaban J connectivity index is 2.10. The SMILES string of the molecule is N#Cc1c(-c2ccncc2)c2c([nH]c1=O)-c1ccccc1CC2. The van der Waals surface area contributed by atoms with E-state index in [2.05, 4.69) is 22.1 Å². The number of nitrogens with zero attached hydrogens (tertiary/aromatic N) is 2. The summed E-state index contributed by atoms with van der Waals surface area (Å²) in [4.78, 5) is 19.4. The zero-order valence-corrected chi connectivity index (χ0v) is 12.3. The van der Waals surface area contributed by atoms with E-state index >= 15 is 0 Å². The molecule has 110 valence electrons. The number of fused-ring (bicyclic) bond motifs is 3. The van der Waals surface area contributed by atoms with Crippen LogP contribution in [0.2, 0.25) is 0 Å². The van der Waals surface area contributed by atoms with Crippen molar-refractivity contribution < 1.29 is 0 Å². The standard InChI is InChI=1S/C19H13N3O/c20-11-16-17(13-7-9-21-10-8-13)15-6-5-12-3-1-2-4-14(12)18(15)22-19(16)23/h1-4,7-10H,5-6H2,(H,22,23). The van der Waals surface area contributed by atoms with Crippen molar-refractivity contribution in [2.45, 2.75) is 12.8 Å². The van der Waals surface area contributed by atoms with Crippen LogP contribution in [0.15, 0.2) is 53.6 Å². The van der Waals surface area contributed by atoms with E-state index in [4.69, 9.17) is 0 Å². The van der Waals surface area contributed by atoms with Gasteiger partial charge in [-0.05, 0) is 41.7 Å². The van der Waals surface area contributed by atoms with Gasteiger partial charge in [-0.1, -0.05) is 24.3 Å². The summed E-state index contributed by atoms with van der Waals surface area (Å²) in [6.45, 7) is 0. The molecule has 1 N–H and O–H groups in total. The van der Waals surface area contributed by atoms with Crippen molar-refractivity contribution in [3.05, 3.63) is 75.8 Å². The number of rotatable bonds is 1. The van der Waals surface area contributed by atoms with Gasteiger partial charge in [-0.2, -0.15) is 5.26 Å². The molecule has 4 heteroatoms. The third kappa shape index (κ3) is 2.06. The van der Waals surface area contributed by atoms with Gasteiger partial charge in [-0.15, -0.1) is 0 Å². The Morgan fingerprint density at radius 3 is 2.65 bits per heavy atom. The fraction of sp³-hybridized carbons (Fsp3) is 0.105. The Bertz CT molecular complexity index is 997. The van der Waals surface area contributed by atoms with Crippen LogP contribution in [0.5, 0.6) is 0 Å². The molecular formula is C19H13N3O. The van der Waals surface area contributed by atoms with Crippen LogP contribution in [-0.4, -0.2) is 9.97 Å². The van der Waals surface area contributed by atoms with Gasteiger partial charge in [0.1, 0.15) is 11.6 Å². The van der Waals surface area contributed by atoms with Crippen LogP contribution >= 0.6 is 0 Å². The van der Waals surface area contributed by atoms with Crippen LogP contribution in [0.1, 0.15) is 16.7 Å². The van der Waals surface area contributed by atoms with Gasteiger partial charge in [0.25, 0.3) is 5.56 Å². The van der Waals surface area contributed by atoms with E-state index in [-0.39, 0.29) is 11.1 Å². The molecule has 1 aliphatic carbocycles. The minimum Gasteiger partial charge on any atom is -0.320 e. The van der Waals surface area contributed by atoms with E-state index in [9.17, 15) is 10.1 Å². The maximum Gasteiger partial charge on any atom is 0.266 e. The summed E-state index contributed by atoms with van der Waals surface area (Å²) in [5.41, 5.74) is 5.57. The highest BCUT2D eigenvalue weighted by molar-refractivity contribution is 5.82. The number of aryl methyl sites for hydroxylation is 1. The Kier molecular flexibility index (Phi) is 3.06. The lowest BCUT2D eigenvalue weighted by Gasteiger charge is -2.22. The van der Waals surface area contributed by atoms with Crippen molar-refractivity contribution in [2.75, 3.05) is 0 Å². The molecular weight excluding hydrogens is 286 g/mol. The zero-order chi connectivity index (χ0) is 15.8. The first-order valence-corrected chi connectivity index (χ1v) is 7.47. The number of hydrogen-bond acceptors (Lipinski definition) is 3. The fourth-order valence-corrected chi connectivity index (χ4v) is 3.31. The average Bonchev–Trinajstić information content (AvgIpc) is 2.61.